The van der Waals surface area contributed by atoms with E-state index in [4.69, 9.17) is 14.2 Å². The highest BCUT2D eigenvalue weighted by atomic mass is 16.5. The molecule has 102 valence electrons. The molecule has 3 heteroatoms. The van der Waals surface area contributed by atoms with Crippen LogP contribution in [0.2, 0.25) is 0 Å². The van der Waals surface area contributed by atoms with Gasteiger partial charge in [0.1, 0.15) is 0 Å². The van der Waals surface area contributed by atoms with Crippen LogP contribution in [0, 0.1) is 0 Å². The predicted molar refractivity (Wildman–Crippen MR) is 74.0 cm³/mol. The van der Waals surface area contributed by atoms with Crippen LogP contribution in [0.25, 0.3) is 0 Å². The molecule has 1 aromatic rings. The van der Waals surface area contributed by atoms with Gasteiger partial charge in [-0.1, -0.05) is 20.8 Å². The third kappa shape index (κ3) is 2.89. The molecule has 0 unspecified atom stereocenters. The van der Waals surface area contributed by atoms with E-state index < -0.39 is 0 Å². The molecule has 0 aliphatic heterocycles. The fraction of sp³-hybridized carbons (Fsp3) is 0.600. The second-order valence-electron chi connectivity index (χ2n) is 4.88. The first-order chi connectivity index (χ1) is 8.50. The highest BCUT2D eigenvalue weighted by molar-refractivity contribution is 5.55. The van der Waals surface area contributed by atoms with Crippen LogP contribution in [0.3, 0.4) is 0 Å². The smallest absolute Gasteiger partial charge is 0.203 e. The van der Waals surface area contributed by atoms with Gasteiger partial charge in [-0.05, 0) is 36.5 Å². The van der Waals surface area contributed by atoms with Crippen molar-refractivity contribution in [1.29, 1.82) is 0 Å². The average Bonchev–Trinajstić information content (AvgIpc) is 2.38. The van der Waals surface area contributed by atoms with Crippen LogP contribution in [0.1, 0.15) is 39.7 Å². The first-order valence-electron chi connectivity index (χ1n) is 6.39. The second kappa shape index (κ2) is 5.98. The summed E-state index contributed by atoms with van der Waals surface area (Å²) in [4.78, 5) is 0. The summed E-state index contributed by atoms with van der Waals surface area (Å²) >= 11 is 0. The van der Waals surface area contributed by atoms with Crippen LogP contribution in [0.4, 0.5) is 0 Å². The van der Waals surface area contributed by atoms with Gasteiger partial charge in [0.15, 0.2) is 11.5 Å². The van der Waals surface area contributed by atoms with Gasteiger partial charge in [0.05, 0.1) is 20.8 Å². The standard InChI is InChI=1S/C15H24O3/c1-7-15(3,4)11-9-12(16-5)14(18-8-2)13(10-11)17-6/h9-10H,7-8H2,1-6H3. The summed E-state index contributed by atoms with van der Waals surface area (Å²) in [6, 6.07) is 4.08. The highest BCUT2D eigenvalue weighted by Crippen LogP contribution is 2.42. The molecule has 0 N–H and O–H groups in total. The van der Waals surface area contributed by atoms with Gasteiger partial charge < -0.3 is 14.2 Å². The van der Waals surface area contributed by atoms with E-state index in [1.807, 2.05) is 19.1 Å². The third-order valence-electron chi connectivity index (χ3n) is 3.41. The molecule has 0 fully saturated rings. The zero-order chi connectivity index (χ0) is 13.8. The molecule has 18 heavy (non-hydrogen) atoms. The van der Waals surface area contributed by atoms with E-state index in [1.165, 1.54) is 5.56 Å². The Balaban J connectivity index is 3.34. The van der Waals surface area contributed by atoms with Crippen LogP contribution in [0.5, 0.6) is 17.2 Å². The number of benzene rings is 1. The molecule has 0 atom stereocenters. The van der Waals surface area contributed by atoms with Crippen molar-refractivity contribution in [2.75, 3.05) is 20.8 Å². The molecule has 0 saturated carbocycles. The first kappa shape index (κ1) is 14.7. The summed E-state index contributed by atoms with van der Waals surface area (Å²) in [5, 5.41) is 0. The lowest BCUT2D eigenvalue weighted by Crippen LogP contribution is -2.16. The monoisotopic (exact) mass is 252 g/mol. The van der Waals surface area contributed by atoms with Crippen molar-refractivity contribution < 1.29 is 14.2 Å². The van der Waals surface area contributed by atoms with Gasteiger partial charge in [0, 0.05) is 0 Å². The van der Waals surface area contributed by atoms with Crippen molar-refractivity contribution in [3.63, 3.8) is 0 Å². The number of ether oxygens (including phenoxy) is 3. The minimum Gasteiger partial charge on any atom is -0.493 e. The summed E-state index contributed by atoms with van der Waals surface area (Å²) in [5.41, 5.74) is 1.29. The Morgan fingerprint density at radius 2 is 1.50 bits per heavy atom. The zero-order valence-electron chi connectivity index (χ0n) is 12.3. The highest BCUT2D eigenvalue weighted by Gasteiger charge is 2.23. The number of methoxy groups -OCH3 is 2. The van der Waals surface area contributed by atoms with Crippen LogP contribution >= 0.6 is 0 Å². The quantitative estimate of drug-likeness (QED) is 0.771. The van der Waals surface area contributed by atoms with Gasteiger partial charge in [-0.2, -0.15) is 0 Å². The molecule has 1 aromatic carbocycles. The van der Waals surface area contributed by atoms with E-state index in [9.17, 15) is 0 Å². The zero-order valence-corrected chi connectivity index (χ0v) is 12.3. The van der Waals surface area contributed by atoms with Gasteiger partial charge >= 0.3 is 0 Å². The fourth-order valence-corrected chi connectivity index (χ4v) is 1.76. The van der Waals surface area contributed by atoms with Crippen molar-refractivity contribution in [3.8, 4) is 17.2 Å². The normalized spacial score (nSPS) is 11.2. The van der Waals surface area contributed by atoms with Crippen LogP contribution < -0.4 is 14.2 Å². The minimum absolute atomic E-state index is 0.0886. The van der Waals surface area contributed by atoms with E-state index in [0.717, 1.165) is 17.9 Å². The summed E-state index contributed by atoms with van der Waals surface area (Å²) in [5.74, 6) is 2.14. The molecule has 0 aliphatic carbocycles. The van der Waals surface area contributed by atoms with Gasteiger partial charge in [0.25, 0.3) is 0 Å². The van der Waals surface area contributed by atoms with E-state index in [1.54, 1.807) is 14.2 Å². The van der Waals surface area contributed by atoms with E-state index >= 15 is 0 Å². The maximum absolute atomic E-state index is 5.60. The Morgan fingerprint density at radius 3 is 1.83 bits per heavy atom. The largest absolute Gasteiger partial charge is 0.493 e. The van der Waals surface area contributed by atoms with Gasteiger partial charge in [-0.3, -0.25) is 0 Å². The lowest BCUT2D eigenvalue weighted by Gasteiger charge is -2.25. The van der Waals surface area contributed by atoms with Crippen molar-refractivity contribution in [2.45, 2.75) is 39.5 Å². The Labute approximate surface area is 110 Å². The molecule has 0 bridgehead atoms. The summed E-state index contributed by atoms with van der Waals surface area (Å²) in [7, 11) is 3.31. The van der Waals surface area contributed by atoms with Crippen LogP contribution in [-0.2, 0) is 5.41 Å². The molecule has 0 spiro atoms. The van der Waals surface area contributed by atoms with Crippen molar-refractivity contribution in [3.05, 3.63) is 17.7 Å². The number of rotatable bonds is 6. The summed E-state index contributed by atoms with van der Waals surface area (Å²) in [6.45, 7) is 9.13. The predicted octanol–water partition coefficient (Wildman–Crippen LogP) is 3.79. The van der Waals surface area contributed by atoms with E-state index in [0.29, 0.717) is 12.4 Å². The SMILES string of the molecule is CCOc1c(OC)cc(C(C)(C)CC)cc1OC. The maximum atomic E-state index is 5.60. The lowest BCUT2D eigenvalue weighted by molar-refractivity contribution is 0.287. The van der Waals surface area contributed by atoms with Crippen molar-refractivity contribution in [1.82, 2.24) is 0 Å². The van der Waals surface area contributed by atoms with Crippen molar-refractivity contribution >= 4 is 0 Å². The third-order valence-corrected chi connectivity index (χ3v) is 3.41. The van der Waals surface area contributed by atoms with E-state index in [-0.39, 0.29) is 5.41 Å². The topological polar surface area (TPSA) is 27.7 Å². The molecular formula is C15H24O3. The Morgan fingerprint density at radius 1 is 1.00 bits per heavy atom. The number of hydrogen-bond acceptors (Lipinski definition) is 3. The maximum Gasteiger partial charge on any atom is 0.203 e. The lowest BCUT2D eigenvalue weighted by atomic mass is 9.82. The number of hydrogen-bond donors (Lipinski definition) is 0. The van der Waals surface area contributed by atoms with Crippen LogP contribution in [0.15, 0.2) is 12.1 Å². The average molecular weight is 252 g/mol. The second-order valence-corrected chi connectivity index (χ2v) is 4.88. The minimum atomic E-state index is 0.0886. The fourth-order valence-electron chi connectivity index (χ4n) is 1.76. The molecule has 0 aliphatic rings. The first-order valence-corrected chi connectivity index (χ1v) is 6.39. The Bertz CT molecular complexity index is 372. The Kier molecular flexibility index (Phi) is 4.88. The molecule has 0 saturated heterocycles. The van der Waals surface area contributed by atoms with Crippen molar-refractivity contribution in [2.24, 2.45) is 0 Å². The molecule has 0 amide bonds. The molecule has 0 aromatic heterocycles. The van der Waals surface area contributed by atoms with Gasteiger partial charge in [0.2, 0.25) is 5.75 Å². The van der Waals surface area contributed by atoms with Gasteiger partial charge in [-0.15, -0.1) is 0 Å². The van der Waals surface area contributed by atoms with Crippen LogP contribution in [-0.4, -0.2) is 20.8 Å². The molecule has 0 radical (unpaired) electrons. The summed E-state index contributed by atoms with van der Waals surface area (Å²) in [6.07, 6.45) is 1.05. The molecule has 3 nitrogen and oxygen atoms in total. The molecule has 1 rings (SSSR count). The molecular weight excluding hydrogens is 228 g/mol. The van der Waals surface area contributed by atoms with E-state index in [2.05, 4.69) is 20.8 Å². The Hall–Kier alpha value is -1.38. The summed E-state index contributed by atoms with van der Waals surface area (Å²) < 4.78 is 16.4. The molecule has 0 heterocycles. The van der Waals surface area contributed by atoms with Gasteiger partial charge in [-0.25, -0.2) is 0 Å².